The van der Waals surface area contributed by atoms with Crippen molar-refractivity contribution in [2.75, 3.05) is 6.61 Å². The lowest BCUT2D eigenvalue weighted by molar-refractivity contribution is 0.0882. The van der Waals surface area contributed by atoms with Crippen LogP contribution in [0.2, 0.25) is 0 Å². The van der Waals surface area contributed by atoms with Gasteiger partial charge in [-0.15, -0.1) is 0 Å². The molecule has 19 heavy (non-hydrogen) atoms. The van der Waals surface area contributed by atoms with Gasteiger partial charge in [0, 0.05) is 6.04 Å². The molecule has 1 aromatic rings. The van der Waals surface area contributed by atoms with Gasteiger partial charge in [0.05, 0.1) is 6.61 Å². The van der Waals surface area contributed by atoms with Crippen LogP contribution in [0.25, 0.3) is 0 Å². The standard InChI is InChI=1S/C16H25NO2/c1-2-3-4-12-5-9-14(10-6-12)19-15(11-18)16(17)13-7-8-13/h5-6,9-10,13,15-16,18H,2-4,7-8,11,17H2,1H3. The molecule has 1 aliphatic carbocycles. The summed E-state index contributed by atoms with van der Waals surface area (Å²) >= 11 is 0. The van der Waals surface area contributed by atoms with E-state index in [-0.39, 0.29) is 18.8 Å². The van der Waals surface area contributed by atoms with E-state index in [0.29, 0.717) is 5.92 Å². The summed E-state index contributed by atoms with van der Waals surface area (Å²) in [5, 5.41) is 9.40. The highest BCUT2D eigenvalue weighted by Gasteiger charge is 2.34. The number of rotatable bonds is 8. The van der Waals surface area contributed by atoms with Gasteiger partial charge in [-0.3, -0.25) is 0 Å². The molecule has 0 spiro atoms. The Morgan fingerprint density at radius 3 is 2.53 bits per heavy atom. The van der Waals surface area contributed by atoms with Crippen molar-refractivity contribution in [3.63, 3.8) is 0 Å². The monoisotopic (exact) mass is 263 g/mol. The molecule has 0 bridgehead atoms. The fourth-order valence-corrected chi connectivity index (χ4v) is 2.31. The smallest absolute Gasteiger partial charge is 0.137 e. The SMILES string of the molecule is CCCCc1ccc(OC(CO)C(N)C2CC2)cc1. The molecule has 0 radical (unpaired) electrons. The molecule has 1 aliphatic rings. The number of aliphatic hydroxyl groups excluding tert-OH is 1. The van der Waals surface area contributed by atoms with Crippen LogP contribution in [0.4, 0.5) is 0 Å². The highest BCUT2D eigenvalue weighted by molar-refractivity contribution is 5.27. The van der Waals surface area contributed by atoms with Crippen molar-refractivity contribution in [2.45, 2.75) is 51.2 Å². The first-order chi connectivity index (χ1) is 9.24. The van der Waals surface area contributed by atoms with Gasteiger partial charge < -0.3 is 15.6 Å². The molecule has 3 N–H and O–H groups in total. The van der Waals surface area contributed by atoms with E-state index in [0.717, 1.165) is 25.0 Å². The van der Waals surface area contributed by atoms with Gasteiger partial charge in [-0.25, -0.2) is 0 Å². The van der Waals surface area contributed by atoms with E-state index in [1.165, 1.54) is 18.4 Å². The van der Waals surface area contributed by atoms with Gasteiger partial charge in [0.25, 0.3) is 0 Å². The van der Waals surface area contributed by atoms with E-state index in [1.807, 2.05) is 12.1 Å². The Morgan fingerprint density at radius 2 is 2.00 bits per heavy atom. The lowest BCUT2D eigenvalue weighted by Crippen LogP contribution is -2.43. The molecule has 3 nitrogen and oxygen atoms in total. The third-order valence-electron chi connectivity index (χ3n) is 3.81. The number of aliphatic hydroxyl groups is 1. The van der Waals surface area contributed by atoms with Gasteiger partial charge in [0.15, 0.2) is 0 Å². The van der Waals surface area contributed by atoms with Crippen molar-refractivity contribution in [2.24, 2.45) is 11.7 Å². The molecule has 1 saturated carbocycles. The molecule has 0 saturated heterocycles. The number of hydrogen-bond acceptors (Lipinski definition) is 3. The Bertz CT molecular complexity index is 373. The van der Waals surface area contributed by atoms with Gasteiger partial charge in [0.1, 0.15) is 11.9 Å². The highest BCUT2D eigenvalue weighted by Crippen LogP contribution is 2.33. The highest BCUT2D eigenvalue weighted by atomic mass is 16.5. The number of ether oxygens (including phenoxy) is 1. The predicted molar refractivity (Wildman–Crippen MR) is 77.3 cm³/mol. The fraction of sp³-hybridized carbons (Fsp3) is 0.625. The minimum absolute atomic E-state index is 0.0186. The Labute approximate surface area is 115 Å². The van der Waals surface area contributed by atoms with Crippen LogP contribution in [-0.4, -0.2) is 23.9 Å². The van der Waals surface area contributed by atoms with Crippen LogP contribution in [-0.2, 0) is 6.42 Å². The summed E-state index contributed by atoms with van der Waals surface area (Å²) in [7, 11) is 0. The number of aryl methyl sites for hydroxylation is 1. The molecule has 3 heteroatoms. The van der Waals surface area contributed by atoms with Crippen LogP contribution < -0.4 is 10.5 Å². The first kappa shape index (κ1) is 14.4. The van der Waals surface area contributed by atoms with E-state index in [9.17, 15) is 5.11 Å². The molecule has 2 unspecified atom stereocenters. The maximum Gasteiger partial charge on any atom is 0.137 e. The minimum atomic E-state index is -0.283. The molecular formula is C16H25NO2. The van der Waals surface area contributed by atoms with Crippen LogP contribution in [0.15, 0.2) is 24.3 Å². The largest absolute Gasteiger partial charge is 0.486 e. The lowest BCUT2D eigenvalue weighted by atomic mass is 10.1. The summed E-state index contributed by atoms with van der Waals surface area (Å²) in [6, 6.07) is 8.11. The zero-order valence-electron chi connectivity index (χ0n) is 11.7. The van der Waals surface area contributed by atoms with Crippen LogP contribution in [0.1, 0.15) is 38.2 Å². The van der Waals surface area contributed by atoms with Gasteiger partial charge in [-0.05, 0) is 49.3 Å². The quantitative estimate of drug-likeness (QED) is 0.757. The van der Waals surface area contributed by atoms with Crippen molar-refractivity contribution in [1.29, 1.82) is 0 Å². The molecular weight excluding hydrogens is 238 g/mol. The predicted octanol–water partition coefficient (Wildman–Crippen LogP) is 2.51. The molecule has 106 valence electrons. The second-order valence-corrected chi connectivity index (χ2v) is 5.50. The van der Waals surface area contributed by atoms with Gasteiger partial charge >= 0.3 is 0 Å². The summed E-state index contributed by atoms with van der Waals surface area (Å²) in [5.41, 5.74) is 7.43. The Hall–Kier alpha value is -1.06. The number of benzene rings is 1. The molecule has 2 rings (SSSR count). The zero-order valence-corrected chi connectivity index (χ0v) is 11.7. The van der Waals surface area contributed by atoms with E-state index in [1.54, 1.807) is 0 Å². The normalized spacial score (nSPS) is 18.1. The number of unbranched alkanes of at least 4 members (excludes halogenated alkanes) is 1. The van der Waals surface area contributed by atoms with Crippen molar-refractivity contribution in [1.82, 2.24) is 0 Å². The average molecular weight is 263 g/mol. The lowest BCUT2D eigenvalue weighted by Gasteiger charge is -2.23. The third kappa shape index (κ3) is 4.22. The second kappa shape index (κ2) is 6.92. The van der Waals surface area contributed by atoms with E-state index >= 15 is 0 Å². The van der Waals surface area contributed by atoms with E-state index in [4.69, 9.17) is 10.5 Å². The van der Waals surface area contributed by atoms with E-state index < -0.39 is 0 Å². The van der Waals surface area contributed by atoms with Crippen LogP contribution in [0.3, 0.4) is 0 Å². The first-order valence-corrected chi connectivity index (χ1v) is 7.36. The first-order valence-electron chi connectivity index (χ1n) is 7.36. The van der Waals surface area contributed by atoms with Crippen molar-refractivity contribution < 1.29 is 9.84 Å². The number of nitrogens with two attached hydrogens (primary N) is 1. The fourth-order valence-electron chi connectivity index (χ4n) is 2.31. The minimum Gasteiger partial charge on any atom is -0.486 e. The molecule has 0 aliphatic heterocycles. The molecule has 1 fully saturated rings. The van der Waals surface area contributed by atoms with Crippen molar-refractivity contribution in [3.8, 4) is 5.75 Å². The summed E-state index contributed by atoms with van der Waals surface area (Å²) in [6.07, 6.45) is 5.58. The summed E-state index contributed by atoms with van der Waals surface area (Å²) in [4.78, 5) is 0. The molecule has 1 aromatic carbocycles. The second-order valence-electron chi connectivity index (χ2n) is 5.50. The van der Waals surface area contributed by atoms with Gasteiger partial charge in [0.2, 0.25) is 0 Å². The summed E-state index contributed by atoms with van der Waals surface area (Å²) < 4.78 is 5.81. The third-order valence-corrected chi connectivity index (χ3v) is 3.81. The van der Waals surface area contributed by atoms with E-state index in [2.05, 4.69) is 19.1 Å². The van der Waals surface area contributed by atoms with Crippen LogP contribution >= 0.6 is 0 Å². The van der Waals surface area contributed by atoms with Crippen LogP contribution in [0.5, 0.6) is 5.75 Å². The van der Waals surface area contributed by atoms with Crippen molar-refractivity contribution in [3.05, 3.63) is 29.8 Å². The molecule has 2 atom stereocenters. The van der Waals surface area contributed by atoms with Gasteiger partial charge in [-0.2, -0.15) is 0 Å². The maximum atomic E-state index is 9.40. The summed E-state index contributed by atoms with van der Waals surface area (Å²) in [6.45, 7) is 2.18. The maximum absolute atomic E-state index is 9.40. The average Bonchev–Trinajstić information content (AvgIpc) is 3.27. The Balaban J connectivity index is 1.89. The number of hydrogen-bond donors (Lipinski definition) is 2. The Kier molecular flexibility index (Phi) is 5.23. The molecule has 0 amide bonds. The Morgan fingerprint density at radius 1 is 1.32 bits per heavy atom. The van der Waals surface area contributed by atoms with Crippen LogP contribution in [0, 0.1) is 5.92 Å². The molecule has 0 aromatic heterocycles. The summed E-state index contributed by atoms with van der Waals surface area (Å²) in [5.74, 6) is 1.33. The van der Waals surface area contributed by atoms with Gasteiger partial charge in [-0.1, -0.05) is 25.5 Å². The van der Waals surface area contributed by atoms with Crippen molar-refractivity contribution >= 4 is 0 Å². The molecule has 0 heterocycles. The zero-order chi connectivity index (χ0) is 13.7. The topological polar surface area (TPSA) is 55.5 Å².